The molecule has 2 aromatic rings. The highest BCUT2D eigenvalue weighted by atomic mass is 19.3. The molecular weight excluding hydrogens is 428 g/mol. The van der Waals surface area contributed by atoms with Crippen LogP contribution in [0.5, 0.6) is 5.75 Å². The maximum atomic E-state index is 14.0. The molecule has 5 heteroatoms. The SMILES string of the molecule is Cc1ccc(COc2ccc(C3CCC(C4C=CC(C=C(F)F)CC4)CC3)cc2)c(F)c1F. The van der Waals surface area contributed by atoms with E-state index in [1.54, 1.807) is 12.1 Å². The summed E-state index contributed by atoms with van der Waals surface area (Å²) in [5, 5.41) is 0. The molecule has 2 atom stereocenters. The number of allylic oxidation sites excluding steroid dienone is 3. The van der Waals surface area contributed by atoms with Crippen molar-refractivity contribution in [3.8, 4) is 5.75 Å². The van der Waals surface area contributed by atoms with Crippen LogP contribution >= 0.6 is 0 Å². The van der Waals surface area contributed by atoms with Gasteiger partial charge in [0.15, 0.2) is 11.6 Å². The molecule has 0 saturated heterocycles. The molecule has 33 heavy (non-hydrogen) atoms. The minimum absolute atomic E-state index is 0.0169. The van der Waals surface area contributed by atoms with Crippen molar-refractivity contribution in [2.45, 2.75) is 58.0 Å². The standard InChI is InChI=1S/C28H30F4O/c1-18-2-5-24(28(32)27(18)31)17-33-25-14-12-23(13-15-25)22-10-8-21(9-11-22)20-6-3-19(4-7-20)16-26(29)30/h2-3,5-6,12-16,19-22H,4,7-11,17H2,1H3. The summed E-state index contributed by atoms with van der Waals surface area (Å²) in [5.41, 5.74) is 1.76. The van der Waals surface area contributed by atoms with Crippen molar-refractivity contribution >= 4 is 0 Å². The first-order valence-electron chi connectivity index (χ1n) is 11.8. The van der Waals surface area contributed by atoms with Crippen molar-refractivity contribution in [1.82, 2.24) is 0 Å². The molecule has 0 heterocycles. The number of hydrogen-bond acceptors (Lipinski definition) is 1. The molecule has 4 rings (SSSR count). The topological polar surface area (TPSA) is 9.23 Å². The average molecular weight is 459 g/mol. The van der Waals surface area contributed by atoms with Gasteiger partial charge < -0.3 is 4.74 Å². The molecule has 1 nitrogen and oxygen atoms in total. The Morgan fingerprint density at radius 3 is 2.24 bits per heavy atom. The van der Waals surface area contributed by atoms with Crippen LogP contribution in [0, 0.1) is 36.3 Å². The van der Waals surface area contributed by atoms with Crippen molar-refractivity contribution in [3.05, 3.63) is 89.0 Å². The molecule has 2 aliphatic rings. The van der Waals surface area contributed by atoms with E-state index in [-0.39, 0.29) is 23.7 Å². The van der Waals surface area contributed by atoms with Crippen molar-refractivity contribution in [1.29, 1.82) is 0 Å². The van der Waals surface area contributed by atoms with Gasteiger partial charge in [0, 0.05) is 11.5 Å². The number of benzene rings is 2. The minimum Gasteiger partial charge on any atom is -0.489 e. The van der Waals surface area contributed by atoms with Gasteiger partial charge in [0.05, 0.1) is 0 Å². The van der Waals surface area contributed by atoms with Gasteiger partial charge in [0.2, 0.25) is 0 Å². The van der Waals surface area contributed by atoms with Gasteiger partial charge in [0.25, 0.3) is 6.08 Å². The fraction of sp³-hybridized carbons (Fsp3) is 0.429. The van der Waals surface area contributed by atoms with Crippen LogP contribution < -0.4 is 4.74 Å². The highest BCUT2D eigenvalue weighted by molar-refractivity contribution is 5.31. The Morgan fingerprint density at radius 1 is 0.879 bits per heavy atom. The van der Waals surface area contributed by atoms with E-state index in [4.69, 9.17) is 4.74 Å². The monoisotopic (exact) mass is 458 g/mol. The van der Waals surface area contributed by atoms with Crippen LogP contribution in [0.4, 0.5) is 17.6 Å². The van der Waals surface area contributed by atoms with Crippen LogP contribution in [0.25, 0.3) is 0 Å². The molecule has 0 radical (unpaired) electrons. The predicted octanol–water partition coefficient (Wildman–Crippen LogP) is 8.49. The Morgan fingerprint density at radius 2 is 1.61 bits per heavy atom. The van der Waals surface area contributed by atoms with E-state index in [0.717, 1.165) is 44.6 Å². The zero-order valence-corrected chi connectivity index (χ0v) is 18.9. The van der Waals surface area contributed by atoms with Crippen molar-refractivity contribution in [2.75, 3.05) is 0 Å². The van der Waals surface area contributed by atoms with Gasteiger partial charge >= 0.3 is 0 Å². The molecule has 0 bridgehead atoms. The molecule has 2 aromatic carbocycles. The summed E-state index contributed by atoms with van der Waals surface area (Å²) in [4.78, 5) is 0. The minimum atomic E-state index is -1.59. The van der Waals surface area contributed by atoms with Crippen LogP contribution in [-0.2, 0) is 6.61 Å². The fourth-order valence-electron chi connectivity index (χ4n) is 5.23. The van der Waals surface area contributed by atoms with Crippen molar-refractivity contribution in [3.63, 3.8) is 0 Å². The summed E-state index contributed by atoms with van der Waals surface area (Å²) in [6.07, 6.45) is 9.90. The average Bonchev–Trinajstić information content (AvgIpc) is 2.83. The van der Waals surface area contributed by atoms with E-state index in [2.05, 4.69) is 18.2 Å². The lowest BCUT2D eigenvalue weighted by Gasteiger charge is -2.35. The zero-order chi connectivity index (χ0) is 23.4. The molecule has 0 spiro atoms. The number of halogens is 4. The maximum absolute atomic E-state index is 14.0. The largest absolute Gasteiger partial charge is 0.489 e. The smallest absolute Gasteiger partial charge is 0.266 e. The lowest BCUT2D eigenvalue weighted by molar-refractivity contribution is 0.244. The van der Waals surface area contributed by atoms with Gasteiger partial charge in [-0.05, 0) is 92.5 Å². The molecule has 2 aliphatic carbocycles. The number of hydrogen-bond donors (Lipinski definition) is 0. The van der Waals surface area contributed by atoms with Gasteiger partial charge in [-0.3, -0.25) is 0 Å². The Bertz CT molecular complexity index is 999. The zero-order valence-electron chi connectivity index (χ0n) is 18.9. The predicted molar refractivity (Wildman–Crippen MR) is 122 cm³/mol. The lowest BCUT2D eigenvalue weighted by atomic mass is 9.71. The van der Waals surface area contributed by atoms with Gasteiger partial charge in [-0.2, -0.15) is 8.78 Å². The number of ether oxygens (including phenoxy) is 1. The highest BCUT2D eigenvalue weighted by Gasteiger charge is 2.28. The fourth-order valence-corrected chi connectivity index (χ4v) is 5.23. The second-order valence-corrected chi connectivity index (χ2v) is 9.39. The lowest BCUT2D eigenvalue weighted by Crippen LogP contribution is -2.22. The van der Waals surface area contributed by atoms with Gasteiger partial charge in [-0.25, -0.2) is 8.78 Å². The molecular formula is C28H30F4O. The molecule has 1 fully saturated rings. The molecule has 0 aliphatic heterocycles. The van der Waals surface area contributed by atoms with E-state index < -0.39 is 17.7 Å². The van der Waals surface area contributed by atoms with Crippen LogP contribution in [0.15, 0.2) is 60.7 Å². The van der Waals surface area contributed by atoms with Crippen LogP contribution in [0.2, 0.25) is 0 Å². The van der Waals surface area contributed by atoms with Crippen LogP contribution in [0.3, 0.4) is 0 Å². The summed E-state index contributed by atoms with van der Waals surface area (Å²) in [5.74, 6) is 0.473. The maximum Gasteiger partial charge on any atom is 0.266 e. The summed E-state index contributed by atoms with van der Waals surface area (Å²) in [6, 6.07) is 11.0. The Kier molecular flexibility index (Phi) is 7.56. The third-order valence-corrected chi connectivity index (χ3v) is 7.26. The molecule has 0 amide bonds. The molecule has 1 saturated carbocycles. The van der Waals surface area contributed by atoms with E-state index in [0.29, 0.717) is 23.5 Å². The van der Waals surface area contributed by atoms with E-state index in [1.807, 2.05) is 18.2 Å². The van der Waals surface area contributed by atoms with Gasteiger partial charge in [-0.1, -0.05) is 36.4 Å². The molecule has 0 aromatic heterocycles. The van der Waals surface area contributed by atoms with Crippen molar-refractivity contribution in [2.24, 2.45) is 17.8 Å². The molecule has 0 N–H and O–H groups in total. The second-order valence-electron chi connectivity index (χ2n) is 9.39. The third-order valence-electron chi connectivity index (χ3n) is 7.26. The first-order chi connectivity index (χ1) is 15.9. The molecule has 176 valence electrons. The Labute approximate surface area is 193 Å². The first kappa shape index (κ1) is 23.6. The molecule has 2 unspecified atom stereocenters. The second kappa shape index (κ2) is 10.6. The van der Waals surface area contributed by atoms with E-state index in [9.17, 15) is 17.6 Å². The quantitative estimate of drug-likeness (QED) is 0.311. The normalized spacial score (nSPS) is 25.0. The first-order valence-corrected chi connectivity index (χ1v) is 11.8. The van der Waals surface area contributed by atoms with Crippen molar-refractivity contribution < 1.29 is 22.3 Å². The Hall–Kier alpha value is -2.56. The summed E-state index contributed by atoms with van der Waals surface area (Å²) in [7, 11) is 0. The summed E-state index contributed by atoms with van der Waals surface area (Å²) >= 11 is 0. The van der Waals surface area contributed by atoms with Gasteiger partial charge in [0.1, 0.15) is 12.4 Å². The number of rotatable bonds is 6. The summed E-state index contributed by atoms with van der Waals surface area (Å²) in [6.45, 7) is 1.52. The Balaban J connectivity index is 1.27. The third kappa shape index (κ3) is 5.87. The number of aryl methyl sites for hydroxylation is 1. The van der Waals surface area contributed by atoms with Crippen LogP contribution in [0.1, 0.15) is 61.1 Å². The van der Waals surface area contributed by atoms with E-state index in [1.165, 1.54) is 12.5 Å². The van der Waals surface area contributed by atoms with Gasteiger partial charge in [-0.15, -0.1) is 0 Å². The van der Waals surface area contributed by atoms with Crippen LogP contribution in [-0.4, -0.2) is 0 Å². The van der Waals surface area contributed by atoms with E-state index >= 15 is 0 Å². The highest BCUT2D eigenvalue weighted by Crippen LogP contribution is 2.42. The summed E-state index contributed by atoms with van der Waals surface area (Å²) < 4.78 is 58.3.